The molecule has 2 saturated heterocycles. The first-order chi connectivity index (χ1) is 11.7. The summed E-state index contributed by atoms with van der Waals surface area (Å²) in [7, 11) is 0. The molecule has 0 radical (unpaired) electrons. The maximum Gasteiger partial charge on any atom is 0.410 e. The van der Waals surface area contributed by atoms with E-state index < -0.39 is 11.4 Å². The van der Waals surface area contributed by atoms with Crippen LogP contribution in [0.15, 0.2) is 23.1 Å². The molecule has 7 heteroatoms. The van der Waals surface area contributed by atoms with Gasteiger partial charge in [-0.15, -0.1) is 0 Å². The molecule has 0 N–H and O–H groups in total. The van der Waals surface area contributed by atoms with Crippen molar-refractivity contribution in [2.24, 2.45) is 11.8 Å². The molecule has 2 fully saturated rings. The minimum absolute atomic E-state index is 0.245. The van der Waals surface area contributed by atoms with Gasteiger partial charge < -0.3 is 9.64 Å². The Hall–Kier alpha value is -1.78. The number of nitriles is 1. The molecule has 3 rings (SSSR count). The maximum absolute atomic E-state index is 13.6. The van der Waals surface area contributed by atoms with Crippen molar-refractivity contribution in [3.63, 3.8) is 0 Å². The van der Waals surface area contributed by atoms with Crippen LogP contribution >= 0.6 is 11.9 Å². The summed E-state index contributed by atoms with van der Waals surface area (Å²) in [5, 5.41) is 8.95. The van der Waals surface area contributed by atoms with Crippen LogP contribution < -0.4 is 0 Å². The number of carbonyl (C=O) groups excluding carboxylic acids is 1. The first-order valence-corrected chi connectivity index (χ1v) is 9.12. The van der Waals surface area contributed by atoms with Gasteiger partial charge in [0.15, 0.2) is 0 Å². The molecule has 0 saturated carbocycles. The van der Waals surface area contributed by atoms with Crippen LogP contribution in [0.25, 0.3) is 0 Å². The van der Waals surface area contributed by atoms with Crippen molar-refractivity contribution in [1.82, 2.24) is 9.21 Å². The van der Waals surface area contributed by atoms with Crippen LogP contribution in [0.3, 0.4) is 0 Å². The van der Waals surface area contributed by atoms with Crippen LogP contribution in [0.5, 0.6) is 0 Å². The quantitative estimate of drug-likeness (QED) is 0.753. The van der Waals surface area contributed by atoms with Crippen molar-refractivity contribution in [3.05, 3.63) is 29.6 Å². The number of hydrogen-bond donors (Lipinski definition) is 0. The highest BCUT2D eigenvalue weighted by molar-refractivity contribution is 7.97. The summed E-state index contributed by atoms with van der Waals surface area (Å²) in [6.07, 6.45) is -0.245. The van der Waals surface area contributed by atoms with Gasteiger partial charge in [0.05, 0.1) is 11.6 Å². The average Bonchev–Trinajstić information content (AvgIpc) is 3.03. The second kappa shape index (κ2) is 6.85. The van der Waals surface area contributed by atoms with Crippen LogP contribution in [0.2, 0.25) is 0 Å². The third kappa shape index (κ3) is 4.44. The van der Waals surface area contributed by atoms with E-state index in [1.165, 1.54) is 24.1 Å². The molecule has 2 aliphatic heterocycles. The van der Waals surface area contributed by atoms with E-state index in [4.69, 9.17) is 10.00 Å². The highest BCUT2D eigenvalue weighted by Gasteiger charge is 2.43. The molecule has 0 spiro atoms. The van der Waals surface area contributed by atoms with Crippen LogP contribution in [0, 0.1) is 29.0 Å². The van der Waals surface area contributed by atoms with E-state index in [2.05, 4.69) is 4.31 Å². The van der Waals surface area contributed by atoms with Crippen LogP contribution in [0.4, 0.5) is 9.18 Å². The van der Waals surface area contributed by atoms with E-state index in [1.807, 2.05) is 26.8 Å². The Morgan fingerprint density at radius 3 is 2.44 bits per heavy atom. The van der Waals surface area contributed by atoms with Gasteiger partial charge in [0.1, 0.15) is 11.4 Å². The van der Waals surface area contributed by atoms with Crippen molar-refractivity contribution in [3.8, 4) is 6.07 Å². The molecule has 1 amide bonds. The Morgan fingerprint density at radius 2 is 1.88 bits per heavy atom. The van der Waals surface area contributed by atoms with Gasteiger partial charge in [0.2, 0.25) is 0 Å². The molecular formula is C18H22FN3O2S. The summed E-state index contributed by atoms with van der Waals surface area (Å²) in [6.45, 7) is 8.69. The number of rotatable bonds is 2. The number of benzene rings is 1. The lowest BCUT2D eigenvalue weighted by atomic mass is 10.0. The Morgan fingerprint density at radius 1 is 1.24 bits per heavy atom. The third-order valence-electron chi connectivity index (χ3n) is 4.34. The third-order valence-corrected chi connectivity index (χ3v) is 5.34. The Labute approximate surface area is 151 Å². The second-order valence-electron chi connectivity index (χ2n) is 7.63. The lowest BCUT2D eigenvalue weighted by Crippen LogP contribution is -2.37. The zero-order chi connectivity index (χ0) is 18.2. The molecule has 2 aliphatic rings. The number of ether oxygens (including phenoxy) is 1. The maximum atomic E-state index is 13.6. The Bertz CT molecular complexity index is 699. The number of halogens is 1. The van der Waals surface area contributed by atoms with Crippen molar-refractivity contribution < 1.29 is 13.9 Å². The van der Waals surface area contributed by atoms with Gasteiger partial charge in [0.25, 0.3) is 0 Å². The number of nitrogens with zero attached hydrogens (tertiary/aromatic N) is 3. The van der Waals surface area contributed by atoms with Crippen molar-refractivity contribution in [2.45, 2.75) is 31.3 Å². The number of likely N-dealkylation sites (tertiary alicyclic amines) is 1. The fourth-order valence-electron chi connectivity index (χ4n) is 3.33. The number of fused-ring (bicyclic) bond motifs is 1. The average molecular weight is 363 g/mol. The van der Waals surface area contributed by atoms with Gasteiger partial charge in [-0.05, 0) is 62.8 Å². The lowest BCUT2D eigenvalue weighted by Gasteiger charge is -2.25. The normalized spacial score (nSPS) is 23.4. The van der Waals surface area contributed by atoms with E-state index >= 15 is 0 Å². The molecular weight excluding hydrogens is 341 g/mol. The van der Waals surface area contributed by atoms with E-state index in [0.29, 0.717) is 30.5 Å². The van der Waals surface area contributed by atoms with Crippen LogP contribution in [-0.2, 0) is 4.74 Å². The highest BCUT2D eigenvalue weighted by Crippen LogP contribution is 2.37. The molecule has 2 atom stereocenters. The smallest absolute Gasteiger partial charge is 0.410 e. The summed E-state index contributed by atoms with van der Waals surface area (Å²) in [5.74, 6) is 0.421. The van der Waals surface area contributed by atoms with Crippen molar-refractivity contribution in [1.29, 1.82) is 5.26 Å². The summed E-state index contributed by atoms with van der Waals surface area (Å²) in [4.78, 5) is 14.7. The molecule has 0 bridgehead atoms. The van der Waals surface area contributed by atoms with Gasteiger partial charge in [-0.2, -0.15) is 5.26 Å². The summed E-state index contributed by atoms with van der Waals surface area (Å²) >= 11 is 1.48. The van der Waals surface area contributed by atoms with E-state index in [1.54, 1.807) is 11.0 Å². The molecule has 2 unspecified atom stereocenters. The predicted molar refractivity (Wildman–Crippen MR) is 93.3 cm³/mol. The predicted octanol–water partition coefficient (Wildman–Crippen LogP) is 3.50. The zero-order valence-electron chi connectivity index (χ0n) is 14.7. The van der Waals surface area contributed by atoms with E-state index in [-0.39, 0.29) is 6.09 Å². The first-order valence-electron chi connectivity index (χ1n) is 8.35. The fourth-order valence-corrected chi connectivity index (χ4v) is 4.50. The summed E-state index contributed by atoms with van der Waals surface area (Å²) in [5.41, 5.74) is -0.148. The first kappa shape index (κ1) is 18.0. The van der Waals surface area contributed by atoms with Crippen LogP contribution in [-0.4, -0.2) is 47.1 Å². The molecule has 1 aromatic rings. The number of carbonyl (C=O) groups is 1. The zero-order valence-corrected chi connectivity index (χ0v) is 15.5. The van der Waals surface area contributed by atoms with Gasteiger partial charge >= 0.3 is 6.09 Å². The van der Waals surface area contributed by atoms with Crippen molar-refractivity contribution >= 4 is 18.0 Å². The number of hydrogen-bond acceptors (Lipinski definition) is 5. The Kier molecular flexibility index (Phi) is 4.94. The highest BCUT2D eigenvalue weighted by atomic mass is 32.2. The molecule has 5 nitrogen and oxygen atoms in total. The van der Waals surface area contributed by atoms with Gasteiger partial charge in [-0.3, -0.25) is 0 Å². The molecule has 2 heterocycles. The lowest BCUT2D eigenvalue weighted by molar-refractivity contribution is 0.0279. The minimum atomic E-state index is -0.480. The van der Waals surface area contributed by atoms with E-state index in [0.717, 1.165) is 18.0 Å². The Balaban J connectivity index is 1.56. The number of amides is 1. The monoisotopic (exact) mass is 363 g/mol. The SMILES string of the molecule is CC(C)(C)OC(=O)N1CC2CN(Sc3cc(F)cc(C#N)c3)CC2C1. The molecule has 134 valence electrons. The second-order valence-corrected chi connectivity index (χ2v) is 8.80. The van der Waals surface area contributed by atoms with Crippen LogP contribution in [0.1, 0.15) is 26.3 Å². The summed E-state index contributed by atoms with van der Waals surface area (Å²) < 4.78 is 21.2. The summed E-state index contributed by atoms with van der Waals surface area (Å²) in [6, 6.07) is 6.37. The topological polar surface area (TPSA) is 56.6 Å². The standard InChI is InChI=1S/C18H22FN3O2S/c1-18(2,3)24-17(23)21-8-13-10-22(11-14(13)9-21)25-16-5-12(7-20)4-15(19)6-16/h4-6,13-14H,8-11H2,1-3H3. The minimum Gasteiger partial charge on any atom is -0.444 e. The molecule has 0 aliphatic carbocycles. The molecule has 0 aromatic heterocycles. The van der Waals surface area contributed by atoms with Gasteiger partial charge in [-0.25, -0.2) is 13.5 Å². The molecule has 25 heavy (non-hydrogen) atoms. The van der Waals surface area contributed by atoms with Gasteiger partial charge in [0, 0.05) is 31.1 Å². The molecule has 1 aromatic carbocycles. The van der Waals surface area contributed by atoms with Gasteiger partial charge in [-0.1, -0.05) is 0 Å². The fraction of sp³-hybridized carbons (Fsp3) is 0.556. The van der Waals surface area contributed by atoms with Crippen molar-refractivity contribution in [2.75, 3.05) is 26.2 Å². The van der Waals surface area contributed by atoms with E-state index in [9.17, 15) is 9.18 Å². The largest absolute Gasteiger partial charge is 0.444 e.